The van der Waals surface area contributed by atoms with Gasteiger partial charge in [0.25, 0.3) is 0 Å². The van der Waals surface area contributed by atoms with Gasteiger partial charge in [0, 0.05) is 5.75 Å². The van der Waals surface area contributed by atoms with Gasteiger partial charge in [-0.25, -0.2) is 5.06 Å². The lowest BCUT2D eigenvalue weighted by atomic mass is 10.1. The van der Waals surface area contributed by atoms with Crippen molar-refractivity contribution in [3.63, 3.8) is 0 Å². The van der Waals surface area contributed by atoms with Crippen LogP contribution >= 0.6 is 11.8 Å². The van der Waals surface area contributed by atoms with Crippen molar-refractivity contribution in [3.8, 4) is 0 Å². The fourth-order valence-electron chi connectivity index (χ4n) is 1.56. The molecule has 0 saturated carbocycles. The fraction of sp³-hybridized carbons (Fsp3) is 0.875. The predicted molar refractivity (Wildman–Crippen MR) is 49.1 cm³/mol. The van der Waals surface area contributed by atoms with Gasteiger partial charge in [-0.2, -0.15) is 11.8 Å². The standard InChI is InChI=1S/C8H13NO3S/c10-7-3-9(12-4-7)8(11)6-1-2-13-5-6/h6-7,10H,1-5H2. The lowest BCUT2D eigenvalue weighted by Gasteiger charge is -2.17. The van der Waals surface area contributed by atoms with Crippen LogP contribution in [0.2, 0.25) is 0 Å². The third kappa shape index (κ3) is 1.98. The third-order valence-electron chi connectivity index (χ3n) is 2.32. The Morgan fingerprint density at radius 1 is 1.62 bits per heavy atom. The molecule has 2 aliphatic rings. The van der Waals surface area contributed by atoms with Gasteiger partial charge in [-0.3, -0.25) is 9.63 Å². The first kappa shape index (κ1) is 9.30. The molecule has 0 spiro atoms. The Morgan fingerprint density at radius 3 is 3.00 bits per heavy atom. The number of hydrogen-bond acceptors (Lipinski definition) is 4. The molecule has 2 fully saturated rings. The number of amides is 1. The molecule has 0 aromatic heterocycles. The SMILES string of the molecule is O=C(C1CCSC1)N1CC(O)CO1. The average molecular weight is 203 g/mol. The van der Waals surface area contributed by atoms with Crippen LogP contribution in [-0.4, -0.2) is 46.8 Å². The van der Waals surface area contributed by atoms with E-state index in [1.54, 1.807) is 11.8 Å². The van der Waals surface area contributed by atoms with Crippen LogP contribution in [0.1, 0.15) is 6.42 Å². The minimum absolute atomic E-state index is 0.0431. The average Bonchev–Trinajstić information content (AvgIpc) is 2.72. The van der Waals surface area contributed by atoms with Gasteiger partial charge in [0.15, 0.2) is 0 Å². The number of nitrogens with zero attached hydrogens (tertiary/aromatic N) is 1. The molecule has 2 heterocycles. The molecule has 13 heavy (non-hydrogen) atoms. The maximum Gasteiger partial charge on any atom is 0.250 e. The number of aliphatic hydroxyl groups is 1. The fourth-order valence-corrected chi connectivity index (χ4v) is 2.77. The van der Waals surface area contributed by atoms with Gasteiger partial charge in [0.2, 0.25) is 5.91 Å². The molecule has 1 amide bonds. The van der Waals surface area contributed by atoms with Crippen LogP contribution in [0.3, 0.4) is 0 Å². The van der Waals surface area contributed by atoms with Gasteiger partial charge in [-0.15, -0.1) is 0 Å². The van der Waals surface area contributed by atoms with Crippen LogP contribution in [0.25, 0.3) is 0 Å². The van der Waals surface area contributed by atoms with Crippen LogP contribution in [0.15, 0.2) is 0 Å². The minimum Gasteiger partial charge on any atom is -0.389 e. The molecular formula is C8H13NO3S. The molecule has 1 N–H and O–H groups in total. The van der Waals surface area contributed by atoms with Crippen LogP contribution in [0.4, 0.5) is 0 Å². The van der Waals surface area contributed by atoms with E-state index in [1.165, 1.54) is 5.06 Å². The molecule has 2 saturated heterocycles. The summed E-state index contributed by atoms with van der Waals surface area (Å²) in [6.07, 6.45) is 0.442. The van der Waals surface area contributed by atoms with Crippen LogP contribution in [-0.2, 0) is 9.63 Å². The molecule has 4 nitrogen and oxygen atoms in total. The van der Waals surface area contributed by atoms with Crippen molar-refractivity contribution in [1.29, 1.82) is 0 Å². The van der Waals surface area contributed by atoms with Crippen molar-refractivity contribution in [2.75, 3.05) is 24.7 Å². The quantitative estimate of drug-likeness (QED) is 0.645. The summed E-state index contributed by atoms with van der Waals surface area (Å²) in [5.74, 6) is 2.11. The first-order chi connectivity index (χ1) is 6.27. The van der Waals surface area contributed by atoms with Crippen molar-refractivity contribution in [3.05, 3.63) is 0 Å². The van der Waals surface area contributed by atoms with Gasteiger partial charge in [0.05, 0.1) is 18.6 Å². The zero-order chi connectivity index (χ0) is 9.26. The molecule has 74 valence electrons. The highest BCUT2D eigenvalue weighted by molar-refractivity contribution is 7.99. The van der Waals surface area contributed by atoms with E-state index < -0.39 is 6.10 Å². The number of rotatable bonds is 1. The number of carbonyl (C=O) groups excluding carboxylic acids is 1. The molecule has 0 radical (unpaired) electrons. The van der Waals surface area contributed by atoms with Crippen molar-refractivity contribution >= 4 is 17.7 Å². The topological polar surface area (TPSA) is 49.8 Å². The van der Waals surface area contributed by atoms with E-state index in [0.717, 1.165) is 17.9 Å². The Balaban J connectivity index is 1.89. The number of carbonyl (C=O) groups is 1. The third-order valence-corrected chi connectivity index (χ3v) is 3.49. The highest BCUT2D eigenvalue weighted by atomic mass is 32.2. The first-order valence-electron chi connectivity index (χ1n) is 4.47. The molecular weight excluding hydrogens is 190 g/mol. The van der Waals surface area contributed by atoms with E-state index in [4.69, 9.17) is 9.94 Å². The largest absolute Gasteiger partial charge is 0.389 e. The summed E-state index contributed by atoms with van der Waals surface area (Å²) < 4.78 is 0. The lowest BCUT2D eigenvalue weighted by Crippen LogP contribution is -2.34. The van der Waals surface area contributed by atoms with E-state index in [0.29, 0.717) is 6.54 Å². The summed E-state index contributed by atoms with van der Waals surface area (Å²) in [7, 11) is 0. The minimum atomic E-state index is -0.502. The van der Waals surface area contributed by atoms with E-state index in [-0.39, 0.29) is 18.4 Å². The summed E-state index contributed by atoms with van der Waals surface area (Å²) in [5, 5.41) is 10.5. The number of hydroxylamine groups is 2. The van der Waals surface area contributed by atoms with Crippen molar-refractivity contribution in [2.24, 2.45) is 5.92 Å². The first-order valence-corrected chi connectivity index (χ1v) is 5.63. The Hall–Kier alpha value is -0.260. The van der Waals surface area contributed by atoms with Gasteiger partial charge in [-0.1, -0.05) is 0 Å². The number of hydrogen-bond donors (Lipinski definition) is 1. The van der Waals surface area contributed by atoms with E-state index >= 15 is 0 Å². The van der Waals surface area contributed by atoms with Gasteiger partial charge >= 0.3 is 0 Å². The monoisotopic (exact) mass is 203 g/mol. The van der Waals surface area contributed by atoms with Gasteiger partial charge in [0.1, 0.15) is 6.61 Å². The molecule has 2 unspecified atom stereocenters. The van der Waals surface area contributed by atoms with E-state index in [9.17, 15) is 4.79 Å². The number of β-amino-alcohol motifs (C(OH)–C–C–N with tert-alkyl or cyclic N) is 1. The van der Waals surface area contributed by atoms with Crippen LogP contribution in [0, 0.1) is 5.92 Å². The molecule has 2 rings (SSSR count). The van der Waals surface area contributed by atoms with Crippen LogP contribution < -0.4 is 0 Å². The zero-order valence-electron chi connectivity index (χ0n) is 7.31. The summed E-state index contributed by atoms with van der Waals surface area (Å²) in [6, 6.07) is 0. The normalized spacial score (nSPS) is 34.1. The Bertz CT molecular complexity index is 206. The second-order valence-corrected chi connectivity index (χ2v) is 4.56. The predicted octanol–water partition coefficient (Wildman–Crippen LogP) is -0.126. The molecule has 0 aromatic rings. The summed E-state index contributed by atoms with van der Waals surface area (Å²) in [4.78, 5) is 16.7. The number of thioether (sulfide) groups is 1. The maximum atomic E-state index is 11.7. The molecule has 0 aliphatic carbocycles. The van der Waals surface area contributed by atoms with Gasteiger partial charge < -0.3 is 5.11 Å². The Morgan fingerprint density at radius 2 is 2.46 bits per heavy atom. The molecule has 2 aliphatic heterocycles. The lowest BCUT2D eigenvalue weighted by molar-refractivity contribution is -0.172. The van der Waals surface area contributed by atoms with Crippen molar-refractivity contribution in [2.45, 2.75) is 12.5 Å². The second-order valence-electron chi connectivity index (χ2n) is 3.41. The van der Waals surface area contributed by atoms with E-state index in [2.05, 4.69) is 0 Å². The second kappa shape index (κ2) is 3.86. The van der Waals surface area contributed by atoms with Gasteiger partial charge in [-0.05, 0) is 12.2 Å². The molecule has 5 heteroatoms. The van der Waals surface area contributed by atoms with E-state index in [1.807, 2.05) is 0 Å². The zero-order valence-corrected chi connectivity index (χ0v) is 8.13. The Kier molecular flexibility index (Phi) is 2.76. The number of aliphatic hydroxyl groups excluding tert-OH is 1. The maximum absolute atomic E-state index is 11.7. The summed E-state index contributed by atoms with van der Waals surface area (Å²) >= 11 is 1.80. The summed E-state index contributed by atoms with van der Waals surface area (Å²) in [6.45, 7) is 0.589. The highest BCUT2D eigenvalue weighted by Gasteiger charge is 2.32. The smallest absolute Gasteiger partial charge is 0.250 e. The summed E-state index contributed by atoms with van der Waals surface area (Å²) in [5.41, 5.74) is 0. The molecule has 0 aromatic carbocycles. The van der Waals surface area contributed by atoms with Crippen molar-refractivity contribution in [1.82, 2.24) is 5.06 Å². The van der Waals surface area contributed by atoms with Crippen LogP contribution in [0.5, 0.6) is 0 Å². The molecule has 2 atom stereocenters. The molecule has 0 bridgehead atoms. The highest BCUT2D eigenvalue weighted by Crippen LogP contribution is 2.26. The van der Waals surface area contributed by atoms with Crippen molar-refractivity contribution < 1.29 is 14.7 Å². The Labute approximate surface area is 81.2 Å².